The van der Waals surface area contributed by atoms with E-state index < -0.39 is 0 Å². The van der Waals surface area contributed by atoms with E-state index in [2.05, 4.69) is 10.1 Å². The fourth-order valence-electron chi connectivity index (χ4n) is 1.29. The van der Waals surface area contributed by atoms with E-state index in [1.165, 1.54) is 10.9 Å². The predicted octanol–water partition coefficient (Wildman–Crippen LogP) is 0.908. The van der Waals surface area contributed by atoms with E-state index in [1.54, 1.807) is 12.3 Å². The Bertz CT molecular complexity index is 435. The maximum Gasteiger partial charge on any atom is 0.161 e. The topological polar surface area (TPSA) is 56.7 Å². The van der Waals surface area contributed by atoms with Crippen LogP contribution in [0.1, 0.15) is 5.56 Å². The van der Waals surface area contributed by atoms with Crippen molar-refractivity contribution >= 4 is 0 Å². The normalized spacial score (nSPS) is 10.5. The zero-order valence-corrected chi connectivity index (χ0v) is 8.10. The average molecular weight is 206 g/mol. The third-order valence-electron chi connectivity index (χ3n) is 2.03. The molecule has 0 amide bonds. The van der Waals surface area contributed by atoms with Gasteiger partial charge >= 0.3 is 0 Å². The van der Waals surface area contributed by atoms with Gasteiger partial charge in [-0.15, -0.1) is 0 Å². The van der Waals surface area contributed by atoms with Crippen LogP contribution in [0.3, 0.4) is 0 Å². The fraction of sp³-hybridized carbons (Fsp3) is 0.200. The highest BCUT2D eigenvalue weighted by Gasteiger charge is 2.01. The molecule has 0 fully saturated rings. The van der Waals surface area contributed by atoms with Crippen LogP contribution in [0.15, 0.2) is 30.7 Å². The summed E-state index contributed by atoms with van der Waals surface area (Å²) in [5, 5.41) is 3.82. The lowest BCUT2D eigenvalue weighted by molar-refractivity contribution is 0.627. The zero-order chi connectivity index (χ0) is 10.7. The Morgan fingerprint density at radius 2 is 2.20 bits per heavy atom. The summed E-state index contributed by atoms with van der Waals surface area (Å²) in [6.07, 6.45) is 4.95. The van der Waals surface area contributed by atoms with E-state index in [1.807, 2.05) is 6.07 Å². The van der Waals surface area contributed by atoms with Crippen molar-refractivity contribution in [1.82, 2.24) is 14.8 Å². The average Bonchev–Trinajstić information content (AvgIpc) is 2.67. The summed E-state index contributed by atoms with van der Waals surface area (Å²) in [4.78, 5) is 4.16. The first kappa shape index (κ1) is 9.79. The number of aromatic nitrogens is 3. The van der Waals surface area contributed by atoms with Crippen LogP contribution in [-0.4, -0.2) is 21.3 Å². The van der Waals surface area contributed by atoms with Crippen molar-refractivity contribution in [2.45, 2.75) is 6.42 Å². The molecule has 2 N–H and O–H groups in total. The van der Waals surface area contributed by atoms with Crippen molar-refractivity contribution < 1.29 is 4.39 Å². The molecule has 2 aromatic rings. The molecule has 0 spiro atoms. The molecule has 2 rings (SSSR count). The van der Waals surface area contributed by atoms with Crippen molar-refractivity contribution in [3.63, 3.8) is 0 Å². The Morgan fingerprint density at radius 3 is 2.73 bits per heavy atom. The Labute approximate surface area is 86.6 Å². The molecule has 0 saturated heterocycles. The summed E-state index contributed by atoms with van der Waals surface area (Å²) < 4.78 is 14.1. The van der Waals surface area contributed by atoms with Crippen LogP contribution in [0.2, 0.25) is 0 Å². The number of halogens is 1. The molecule has 0 bridgehead atoms. The molecule has 0 radical (unpaired) electrons. The summed E-state index contributed by atoms with van der Waals surface area (Å²) >= 11 is 0. The number of hydrogen-bond acceptors (Lipinski definition) is 3. The zero-order valence-electron chi connectivity index (χ0n) is 8.10. The molecular weight excluding hydrogens is 195 g/mol. The third-order valence-corrected chi connectivity index (χ3v) is 2.03. The number of rotatable bonds is 3. The van der Waals surface area contributed by atoms with Crippen molar-refractivity contribution in [2.24, 2.45) is 5.73 Å². The minimum Gasteiger partial charge on any atom is -0.330 e. The van der Waals surface area contributed by atoms with Gasteiger partial charge in [-0.3, -0.25) is 0 Å². The first-order chi connectivity index (χ1) is 7.29. The summed E-state index contributed by atoms with van der Waals surface area (Å²) in [5.41, 5.74) is 6.48. The smallest absolute Gasteiger partial charge is 0.161 e. The van der Waals surface area contributed by atoms with E-state index in [0.29, 0.717) is 12.4 Å². The molecule has 4 nitrogen and oxygen atoms in total. The van der Waals surface area contributed by atoms with Gasteiger partial charge in [0.15, 0.2) is 11.6 Å². The highest BCUT2D eigenvalue weighted by atomic mass is 19.1. The van der Waals surface area contributed by atoms with Crippen LogP contribution in [0.4, 0.5) is 4.39 Å². The minimum absolute atomic E-state index is 0.372. The Balaban J connectivity index is 2.23. The van der Waals surface area contributed by atoms with Crippen molar-refractivity contribution in [2.75, 3.05) is 6.54 Å². The minimum atomic E-state index is -0.372. The van der Waals surface area contributed by atoms with Crippen LogP contribution in [0.25, 0.3) is 5.82 Å². The molecule has 0 unspecified atom stereocenters. The Hall–Kier alpha value is -1.75. The van der Waals surface area contributed by atoms with Gasteiger partial charge in [-0.05, 0) is 24.6 Å². The summed E-state index contributed by atoms with van der Waals surface area (Å²) in [5.74, 6) is 0.225. The largest absolute Gasteiger partial charge is 0.330 e. The van der Waals surface area contributed by atoms with Gasteiger partial charge in [0.25, 0.3) is 0 Å². The predicted molar refractivity (Wildman–Crippen MR) is 54.1 cm³/mol. The molecule has 2 aromatic heterocycles. The van der Waals surface area contributed by atoms with Gasteiger partial charge in [0, 0.05) is 6.20 Å². The van der Waals surface area contributed by atoms with Gasteiger partial charge < -0.3 is 5.73 Å². The first-order valence-electron chi connectivity index (χ1n) is 4.65. The second-order valence-electron chi connectivity index (χ2n) is 3.17. The number of pyridine rings is 1. The van der Waals surface area contributed by atoms with Gasteiger partial charge in [0.05, 0.1) is 12.4 Å². The van der Waals surface area contributed by atoms with E-state index in [-0.39, 0.29) is 5.82 Å². The highest BCUT2D eigenvalue weighted by molar-refractivity contribution is 5.24. The molecule has 15 heavy (non-hydrogen) atoms. The Kier molecular flexibility index (Phi) is 2.73. The van der Waals surface area contributed by atoms with Gasteiger partial charge in [0.1, 0.15) is 0 Å². The summed E-state index contributed by atoms with van der Waals surface area (Å²) in [7, 11) is 0. The van der Waals surface area contributed by atoms with Gasteiger partial charge in [-0.1, -0.05) is 6.07 Å². The molecule has 5 heteroatoms. The van der Waals surface area contributed by atoms with E-state index >= 15 is 0 Å². The lowest BCUT2D eigenvalue weighted by Gasteiger charge is -2.01. The van der Waals surface area contributed by atoms with Crippen LogP contribution in [0, 0.1) is 5.82 Å². The number of nitrogens with two attached hydrogens (primary N) is 1. The van der Waals surface area contributed by atoms with E-state index in [0.717, 1.165) is 18.2 Å². The fourth-order valence-corrected chi connectivity index (χ4v) is 1.29. The third kappa shape index (κ3) is 2.19. The molecule has 2 heterocycles. The van der Waals surface area contributed by atoms with Crippen LogP contribution in [0.5, 0.6) is 0 Å². The SMILES string of the molecule is NCCc1ccc(-n2cc(F)cn2)nc1. The molecule has 0 aliphatic heterocycles. The first-order valence-corrected chi connectivity index (χ1v) is 4.65. The van der Waals surface area contributed by atoms with Crippen molar-refractivity contribution in [3.8, 4) is 5.82 Å². The molecule has 0 atom stereocenters. The Morgan fingerprint density at radius 1 is 1.33 bits per heavy atom. The number of nitrogens with zero attached hydrogens (tertiary/aromatic N) is 3. The standard InChI is InChI=1S/C10H11FN4/c11-9-6-14-15(7-9)10-2-1-8(3-4-12)5-13-10/h1-2,5-7H,3-4,12H2. The second kappa shape index (κ2) is 4.18. The van der Waals surface area contributed by atoms with Gasteiger partial charge in [-0.25, -0.2) is 14.1 Å². The van der Waals surface area contributed by atoms with E-state index in [9.17, 15) is 4.39 Å². The molecule has 0 saturated carbocycles. The summed E-state index contributed by atoms with van der Waals surface area (Å²) in [6, 6.07) is 3.70. The second-order valence-corrected chi connectivity index (χ2v) is 3.17. The van der Waals surface area contributed by atoms with Gasteiger partial charge in [-0.2, -0.15) is 5.10 Å². The molecular formula is C10H11FN4. The lowest BCUT2D eigenvalue weighted by atomic mass is 10.2. The molecule has 78 valence electrons. The molecule has 0 aromatic carbocycles. The maximum absolute atomic E-state index is 12.7. The monoisotopic (exact) mass is 206 g/mol. The summed E-state index contributed by atoms with van der Waals surface area (Å²) in [6.45, 7) is 0.595. The van der Waals surface area contributed by atoms with Crippen LogP contribution < -0.4 is 5.73 Å². The molecule has 0 aliphatic carbocycles. The van der Waals surface area contributed by atoms with Crippen molar-refractivity contribution in [1.29, 1.82) is 0 Å². The molecule has 0 aliphatic rings. The van der Waals surface area contributed by atoms with E-state index in [4.69, 9.17) is 5.73 Å². The van der Waals surface area contributed by atoms with Gasteiger partial charge in [0.2, 0.25) is 0 Å². The number of hydrogen-bond donors (Lipinski definition) is 1. The van der Waals surface area contributed by atoms with Crippen molar-refractivity contribution in [3.05, 3.63) is 42.1 Å². The maximum atomic E-state index is 12.7. The lowest BCUT2D eigenvalue weighted by Crippen LogP contribution is -2.04. The quantitative estimate of drug-likeness (QED) is 0.812. The van der Waals surface area contributed by atoms with Crippen LogP contribution >= 0.6 is 0 Å². The van der Waals surface area contributed by atoms with Crippen LogP contribution in [-0.2, 0) is 6.42 Å². The highest BCUT2D eigenvalue weighted by Crippen LogP contribution is 2.06.